The molecule has 0 spiro atoms. The number of carbonyl (C=O) groups excluding carboxylic acids is 1. The Balaban J connectivity index is 2.25. The van der Waals surface area contributed by atoms with E-state index >= 15 is 0 Å². The van der Waals surface area contributed by atoms with Crippen molar-refractivity contribution in [2.75, 3.05) is 7.11 Å². The van der Waals surface area contributed by atoms with Gasteiger partial charge in [-0.2, -0.15) is 0 Å². The zero-order valence-corrected chi connectivity index (χ0v) is 10.5. The summed E-state index contributed by atoms with van der Waals surface area (Å²) in [6.07, 6.45) is 2.56. The van der Waals surface area contributed by atoms with Gasteiger partial charge in [0.15, 0.2) is 0 Å². The van der Waals surface area contributed by atoms with E-state index in [9.17, 15) is 4.79 Å². The molecular formula is C15H15NO2. The normalized spacial score (nSPS) is 10.1. The fourth-order valence-electron chi connectivity index (χ4n) is 1.71. The number of aryl methyl sites for hydroxylation is 1. The molecular weight excluding hydrogens is 226 g/mol. The van der Waals surface area contributed by atoms with E-state index in [0.717, 1.165) is 17.7 Å². The van der Waals surface area contributed by atoms with Crippen molar-refractivity contribution in [2.24, 2.45) is 0 Å². The molecule has 0 aliphatic heterocycles. The van der Waals surface area contributed by atoms with Crippen LogP contribution in [0.15, 0.2) is 42.6 Å². The zero-order valence-electron chi connectivity index (χ0n) is 10.5. The van der Waals surface area contributed by atoms with Crippen LogP contribution in [0.1, 0.15) is 22.8 Å². The minimum atomic E-state index is -0.365. The van der Waals surface area contributed by atoms with Crippen molar-refractivity contribution in [3.05, 3.63) is 53.7 Å². The topological polar surface area (TPSA) is 39.2 Å². The third-order valence-corrected chi connectivity index (χ3v) is 2.84. The number of pyridine rings is 1. The van der Waals surface area contributed by atoms with Gasteiger partial charge in [-0.25, -0.2) is 4.79 Å². The van der Waals surface area contributed by atoms with Crippen LogP contribution in [0.2, 0.25) is 0 Å². The number of methoxy groups -OCH3 is 1. The van der Waals surface area contributed by atoms with Crippen LogP contribution in [0.25, 0.3) is 11.3 Å². The fraction of sp³-hybridized carbons (Fsp3) is 0.200. The Kier molecular flexibility index (Phi) is 3.72. The number of hydrogen-bond donors (Lipinski definition) is 0. The Bertz CT molecular complexity index is 529. The van der Waals surface area contributed by atoms with E-state index < -0.39 is 0 Å². The van der Waals surface area contributed by atoms with Gasteiger partial charge in [-0.1, -0.05) is 31.2 Å². The average Bonchev–Trinajstić information content (AvgIpc) is 2.47. The van der Waals surface area contributed by atoms with Crippen LogP contribution in [0, 0.1) is 0 Å². The number of aromatic nitrogens is 1. The summed E-state index contributed by atoms with van der Waals surface area (Å²) >= 11 is 0. The van der Waals surface area contributed by atoms with E-state index in [-0.39, 0.29) is 5.97 Å². The molecule has 92 valence electrons. The second kappa shape index (κ2) is 5.45. The second-order valence-electron chi connectivity index (χ2n) is 3.97. The van der Waals surface area contributed by atoms with Gasteiger partial charge in [0, 0.05) is 11.8 Å². The Morgan fingerprint density at radius 3 is 2.39 bits per heavy atom. The maximum atomic E-state index is 11.3. The first kappa shape index (κ1) is 12.3. The molecule has 0 saturated heterocycles. The standard InChI is InChI=1S/C15H15NO2/c1-3-11-4-6-12(7-5-11)14-9-8-13(10-16-14)15(17)18-2/h4-10H,3H2,1-2H3. The third kappa shape index (κ3) is 2.56. The van der Waals surface area contributed by atoms with E-state index in [4.69, 9.17) is 0 Å². The predicted molar refractivity (Wildman–Crippen MR) is 70.4 cm³/mol. The second-order valence-corrected chi connectivity index (χ2v) is 3.97. The predicted octanol–water partition coefficient (Wildman–Crippen LogP) is 3.10. The van der Waals surface area contributed by atoms with Crippen molar-refractivity contribution < 1.29 is 9.53 Å². The Labute approximate surface area is 106 Å². The SMILES string of the molecule is CCc1ccc(-c2ccc(C(=O)OC)cn2)cc1. The molecule has 2 rings (SSSR count). The molecule has 0 radical (unpaired) electrons. The highest BCUT2D eigenvalue weighted by Gasteiger charge is 2.06. The first-order valence-electron chi connectivity index (χ1n) is 5.88. The monoisotopic (exact) mass is 241 g/mol. The third-order valence-electron chi connectivity index (χ3n) is 2.84. The van der Waals surface area contributed by atoms with Crippen molar-refractivity contribution in [2.45, 2.75) is 13.3 Å². The highest BCUT2D eigenvalue weighted by Crippen LogP contribution is 2.18. The van der Waals surface area contributed by atoms with Crippen molar-refractivity contribution in [1.82, 2.24) is 4.98 Å². The molecule has 0 N–H and O–H groups in total. The molecule has 0 bridgehead atoms. The molecule has 1 aromatic heterocycles. The lowest BCUT2D eigenvalue weighted by Gasteiger charge is -2.03. The van der Waals surface area contributed by atoms with Gasteiger partial charge in [0.05, 0.1) is 18.4 Å². The summed E-state index contributed by atoms with van der Waals surface area (Å²) in [7, 11) is 1.36. The summed E-state index contributed by atoms with van der Waals surface area (Å²) in [6.45, 7) is 2.12. The van der Waals surface area contributed by atoms with Crippen LogP contribution in [0.4, 0.5) is 0 Å². The number of rotatable bonds is 3. The van der Waals surface area contributed by atoms with Gasteiger partial charge in [0.2, 0.25) is 0 Å². The lowest BCUT2D eigenvalue weighted by Crippen LogP contribution is -2.01. The molecule has 0 fully saturated rings. The lowest BCUT2D eigenvalue weighted by molar-refractivity contribution is 0.0600. The minimum absolute atomic E-state index is 0.365. The fourth-order valence-corrected chi connectivity index (χ4v) is 1.71. The smallest absolute Gasteiger partial charge is 0.339 e. The Morgan fingerprint density at radius 1 is 1.17 bits per heavy atom. The quantitative estimate of drug-likeness (QED) is 0.775. The summed E-state index contributed by atoms with van der Waals surface area (Å²) in [4.78, 5) is 15.6. The number of esters is 1. The summed E-state index contributed by atoms with van der Waals surface area (Å²) in [5.41, 5.74) is 3.66. The maximum Gasteiger partial charge on any atom is 0.339 e. The summed E-state index contributed by atoms with van der Waals surface area (Å²) in [6, 6.07) is 11.8. The van der Waals surface area contributed by atoms with Gasteiger partial charge in [-0.3, -0.25) is 4.98 Å². The first-order chi connectivity index (χ1) is 8.74. The van der Waals surface area contributed by atoms with Crippen LogP contribution in [0.5, 0.6) is 0 Å². The van der Waals surface area contributed by atoms with Crippen LogP contribution >= 0.6 is 0 Å². The highest BCUT2D eigenvalue weighted by molar-refractivity contribution is 5.89. The molecule has 1 heterocycles. The van der Waals surface area contributed by atoms with Gasteiger partial charge >= 0.3 is 5.97 Å². The van der Waals surface area contributed by atoms with E-state index in [1.54, 1.807) is 6.07 Å². The lowest BCUT2D eigenvalue weighted by atomic mass is 10.1. The van der Waals surface area contributed by atoms with Gasteiger partial charge in [0.25, 0.3) is 0 Å². The van der Waals surface area contributed by atoms with Crippen LogP contribution in [-0.4, -0.2) is 18.1 Å². The minimum Gasteiger partial charge on any atom is -0.465 e. The van der Waals surface area contributed by atoms with Gasteiger partial charge in [0.1, 0.15) is 0 Å². The molecule has 18 heavy (non-hydrogen) atoms. The van der Waals surface area contributed by atoms with Crippen LogP contribution in [-0.2, 0) is 11.2 Å². The molecule has 0 atom stereocenters. The van der Waals surface area contributed by atoms with Gasteiger partial charge in [-0.05, 0) is 24.1 Å². The van der Waals surface area contributed by atoms with Crippen molar-refractivity contribution in [3.8, 4) is 11.3 Å². The number of ether oxygens (including phenoxy) is 1. The number of benzene rings is 1. The van der Waals surface area contributed by atoms with E-state index in [1.807, 2.05) is 18.2 Å². The van der Waals surface area contributed by atoms with Crippen LogP contribution in [0.3, 0.4) is 0 Å². The molecule has 3 nitrogen and oxygen atoms in total. The van der Waals surface area contributed by atoms with Gasteiger partial charge in [-0.15, -0.1) is 0 Å². The summed E-state index contributed by atoms with van der Waals surface area (Å²) < 4.78 is 4.63. The number of carbonyl (C=O) groups is 1. The van der Waals surface area contributed by atoms with E-state index in [1.165, 1.54) is 18.9 Å². The Morgan fingerprint density at radius 2 is 1.89 bits per heavy atom. The number of hydrogen-bond acceptors (Lipinski definition) is 3. The van der Waals surface area contributed by atoms with Gasteiger partial charge < -0.3 is 4.74 Å². The molecule has 0 saturated carbocycles. The maximum absolute atomic E-state index is 11.3. The molecule has 2 aromatic rings. The van der Waals surface area contributed by atoms with Crippen molar-refractivity contribution in [1.29, 1.82) is 0 Å². The average molecular weight is 241 g/mol. The molecule has 0 unspecified atom stereocenters. The summed E-state index contributed by atoms with van der Waals surface area (Å²) in [5, 5.41) is 0. The van der Waals surface area contributed by atoms with Crippen molar-refractivity contribution >= 4 is 5.97 Å². The van der Waals surface area contributed by atoms with Crippen molar-refractivity contribution in [3.63, 3.8) is 0 Å². The van der Waals surface area contributed by atoms with Crippen LogP contribution < -0.4 is 0 Å². The molecule has 0 aliphatic carbocycles. The number of nitrogens with zero attached hydrogens (tertiary/aromatic N) is 1. The highest BCUT2D eigenvalue weighted by atomic mass is 16.5. The molecule has 1 aromatic carbocycles. The molecule has 0 aliphatic rings. The van der Waals surface area contributed by atoms with E-state index in [0.29, 0.717) is 5.56 Å². The zero-order chi connectivity index (χ0) is 13.0. The molecule has 3 heteroatoms. The largest absolute Gasteiger partial charge is 0.465 e. The summed E-state index contributed by atoms with van der Waals surface area (Å²) in [5.74, 6) is -0.365. The van der Waals surface area contributed by atoms with E-state index in [2.05, 4.69) is 28.8 Å². The first-order valence-corrected chi connectivity index (χ1v) is 5.88. The molecule has 0 amide bonds. The Hall–Kier alpha value is -2.16.